The highest BCUT2D eigenvalue weighted by Crippen LogP contribution is 2.57. The molecule has 0 aromatic carbocycles. The summed E-state index contributed by atoms with van der Waals surface area (Å²) in [6.45, 7) is 1.06. The van der Waals surface area contributed by atoms with Gasteiger partial charge in [-0.1, -0.05) is 0 Å². The standard InChI is InChI=1S/C17H25N3O2/c18-11-20-3-1-2-14(20)15(21)9-19-16-5-12-4-13(6-16)8-17(22,7-12)10-16/h12-14,19,22H,1-10H2/t12?,13?,14-,16?,17?/m0/s1. The maximum atomic E-state index is 12.5. The molecule has 0 aromatic heterocycles. The summed E-state index contributed by atoms with van der Waals surface area (Å²) < 4.78 is 0. The fourth-order valence-corrected chi connectivity index (χ4v) is 6.03. The van der Waals surface area contributed by atoms with E-state index in [-0.39, 0.29) is 17.4 Å². The largest absolute Gasteiger partial charge is 0.390 e. The van der Waals surface area contributed by atoms with Gasteiger partial charge in [-0.05, 0) is 63.2 Å². The minimum Gasteiger partial charge on any atom is -0.390 e. The van der Waals surface area contributed by atoms with Crippen molar-refractivity contribution in [3.05, 3.63) is 0 Å². The summed E-state index contributed by atoms with van der Waals surface area (Å²) in [5, 5.41) is 23.4. The number of hydrogen-bond donors (Lipinski definition) is 2. The number of ketones is 1. The summed E-state index contributed by atoms with van der Waals surface area (Å²) in [4.78, 5) is 14.1. The Hall–Kier alpha value is -1.12. The van der Waals surface area contributed by atoms with Gasteiger partial charge in [-0.2, -0.15) is 5.26 Å². The molecule has 5 nitrogen and oxygen atoms in total. The quantitative estimate of drug-likeness (QED) is 0.763. The Bertz CT molecular complexity index is 512. The lowest BCUT2D eigenvalue weighted by Crippen LogP contribution is -2.65. The molecule has 0 radical (unpaired) electrons. The molecular weight excluding hydrogens is 278 g/mol. The number of nitriles is 1. The maximum Gasteiger partial charge on any atom is 0.180 e. The molecule has 2 unspecified atom stereocenters. The second kappa shape index (κ2) is 4.94. The minimum atomic E-state index is -0.494. The van der Waals surface area contributed by atoms with Crippen LogP contribution < -0.4 is 5.32 Å². The van der Waals surface area contributed by atoms with Crippen LogP contribution in [0.5, 0.6) is 0 Å². The summed E-state index contributed by atoms with van der Waals surface area (Å²) >= 11 is 0. The molecule has 4 bridgehead atoms. The lowest BCUT2D eigenvalue weighted by Gasteiger charge is -2.60. The molecule has 1 aliphatic heterocycles. The monoisotopic (exact) mass is 303 g/mol. The van der Waals surface area contributed by atoms with Crippen LogP contribution in [0, 0.1) is 23.3 Å². The van der Waals surface area contributed by atoms with Crippen molar-refractivity contribution in [2.75, 3.05) is 13.1 Å². The number of rotatable bonds is 4. The van der Waals surface area contributed by atoms with Crippen LogP contribution in [0.2, 0.25) is 0 Å². The normalized spacial score (nSPS) is 46.0. The molecular formula is C17H25N3O2. The van der Waals surface area contributed by atoms with Gasteiger partial charge >= 0.3 is 0 Å². The number of likely N-dealkylation sites (tertiary alicyclic amines) is 1. The number of nitrogens with one attached hydrogen (secondary N) is 1. The first-order valence-corrected chi connectivity index (χ1v) is 8.67. The van der Waals surface area contributed by atoms with Crippen LogP contribution in [-0.2, 0) is 4.79 Å². The van der Waals surface area contributed by atoms with Crippen LogP contribution >= 0.6 is 0 Å². The molecule has 4 saturated carbocycles. The molecule has 1 heterocycles. The molecule has 5 aliphatic rings. The van der Waals surface area contributed by atoms with Gasteiger partial charge in [0.15, 0.2) is 12.0 Å². The van der Waals surface area contributed by atoms with Gasteiger partial charge in [0.1, 0.15) is 0 Å². The van der Waals surface area contributed by atoms with Gasteiger partial charge in [0.2, 0.25) is 0 Å². The van der Waals surface area contributed by atoms with E-state index in [1.54, 1.807) is 4.90 Å². The number of Topliss-reactive ketones (excluding diaryl/α,β-unsaturated/α-hetero) is 1. The molecule has 22 heavy (non-hydrogen) atoms. The van der Waals surface area contributed by atoms with Crippen LogP contribution in [0.3, 0.4) is 0 Å². The van der Waals surface area contributed by atoms with Crippen LogP contribution in [0.25, 0.3) is 0 Å². The molecule has 120 valence electrons. The summed E-state index contributed by atoms with van der Waals surface area (Å²) in [7, 11) is 0. The molecule has 0 spiro atoms. The number of hydrogen-bond acceptors (Lipinski definition) is 5. The lowest BCUT2D eigenvalue weighted by atomic mass is 9.51. The van der Waals surface area contributed by atoms with Crippen molar-refractivity contribution in [2.45, 2.75) is 68.5 Å². The van der Waals surface area contributed by atoms with E-state index in [2.05, 4.69) is 11.5 Å². The van der Waals surface area contributed by atoms with Crippen LogP contribution in [0.1, 0.15) is 51.4 Å². The first-order chi connectivity index (χ1) is 10.5. The first-order valence-electron chi connectivity index (χ1n) is 8.67. The Kier molecular flexibility index (Phi) is 3.25. The van der Waals surface area contributed by atoms with E-state index in [1.165, 1.54) is 6.42 Å². The van der Waals surface area contributed by atoms with Crippen LogP contribution in [0.4, 0.5) is 0 Å². The van der Waals surface area contributed by atoms with Crippen molar-refractivity contribution in [1.29, 1.82) is 5.26 Å². The van der Waals surface area contributed by atoms with Crippen LogP contribution in [0.15, 0.2) is 0 Å². The summed E-state index contributed by atoms with van der Waals surface area (Å²) in [6, 6.07) is -0.227. The van der Waals surface area contributed by atoms with Gasteiger partial charge < -0.3 is 15.3 Å². The predicted molar refractivity (Wildman–Crippen MR) is 80.7 cm³/mol. The molecule has 2 N–H and O–H groups in total. The third-order valence-corrected chi connectivity index (χ3v) is 6.42. The first kappa shape index (κ1) is 14.5. The van der Waals surface area contributed by atoms with Crippen molar-refractivity contribution in [1.82, 2.24) is 10.2 Å². The van der Waals surface area contributed by atoms with Crippen molar-refractivity contribution >= 4 is 5.78 Å². The number of carbonyl (C=O) groups excluding carboxylic acids is 1. The van der Waals surface area contributed by atoms with E-state index >= 15 is 0 Å². The van der Waals surface area contributed by atoms with Gasteiger partial charge in [0.05, 0.1) is 18.2 Å². The van der Waals surface area contributed by atoms with Crippen molar-refractivity contribution in [3.63, 3.8) is 0 Å². The Morgan fingerprint density at radius 3 is 2.68 bits per heavy atom. The highest BCUT2D eigenvalue weighted by Gasteiger charge is 2.57. The molecule has 3 atom stereocenters. The average Bonchev–Trinajstić information content (AvgIpc) is 2.90. The Morgan fingerprint density at radius 1 is 1.32 bits per heavy atom. The zero-order chi connectivity index (χ0) is 15.4. The summed E-state index contributed by atoms with van der Waals surface area (Å²) in [6.07, 6.45) is 10.0. The van der Waals surface area contributed by atoms with Crippen molar-refractivity contribution in [2.24, 2.45) is 11.8 Å². The topological polar surface area (TPSA) is 76.4 Å². The number of aliphatic hydroxyl groups is 1. The van der Waals surface area contributed by atoms with Crippen molar-refractivity contribution < 1.29 is 9.90 Å². The predicted octanol–water partition coefficient (Wildman–Crippen LogP) is 1.17. The third-order valence-electron chi connectivity index (χ3n) is 6.42. The Balaban J connectivity index is 1.41. The van der Waals surface area contributed by atoms with Gasteiger partial charge in [0, 0.05) is 12.1 Å². The summed E-state index contributed by atoms with van der Waals surface area (Å²) in [5.41, 5.74) is -0.531. The molecule has 5 fully saturated rings. The second-order valence-corrected chi connectivity index (χ2v) is 8.24. The molecule has 4 aliphatic carbocycles. The second-order valence-electron chi connectivity index (χ2n) is 8.24. The lowest BCUT2D eigenvalue weighted by molar-refractivity contribution is -0.145. The molecule has 0 aromatic rings. The number of nitrogens with zero attached hydrogens (tertiary/aromatic N) is 2. The van der Waals surface area contributed by atoms with E-state index in [1.807, 2.05) is 0 Å². The fourth-order valence-electron chi connectivity index (χ4n) is 6.03. The van der Waals surface area contributed by atoms with Gasteiger partial charge in [0.25, 0.3) is 0 Å². The molecule has 5 heteroatoms. The minimum absolute atomic E-state index is 0.0371. The smallest absolute Gasteiger partial charge is 0.180 e. The number of carbonyl (C=O) groups is 1. The zero-order valence-electron chi connectivity index (χ0n) is 13.1. The SMILES string of the molecule is N#CN1CCC[C@H]1C(=O)CNC12CC3CC(CC(O)(C3)C1)C2. The van der Waals surface area contributed by atoms with E-state index < -0.39 is 5.60 Å². The molecule has 1 saturated heterocycles. The van der Waals surface area contributed by atoms with E-state index in [0.29, 0.717) is 24.9 Å². The zero-order valence-corrected chi connectivity index (χ0v) is 13.1. The van der Waals surface area contributed by atoms with Crippen LogP contribution in [-0.4, -0.2) is 46.1 Å². The Morgan fingerprint density at radius 2 is 2.05 bits per heavy atom. The Labute approximate surface area is 131 Å². The fraction of sp³-hybridized carbons (Fsp3) is 0.882. The summed E-state index contributed by atoms with van der Waals surface area (Å²) in [5.74, 6) is 1.38. The maximum absolute atomic E-state index is 12.5. The van der Waals surface area contributed by atoms with Crippen molar-refractivity contribution in [3.8, 4) is 6.19 Å². The third kappa shape index (κ3) is 2.33. The van der Waals surface area contributed by atoms with Gasteiger partial charge in [-0.15, -0.1) is 0 Å². The highest BCUT2D eigenvalue weighted by molar-refractivity contribution is 5.86. The van der Waals surface area contributed by atoms with E-state index in [9.17, 15) is 9.90 Å². The van der Waals surface area contributed by atoms with E-state index in [4.69, 9.17) is 5.26 Å². The van der Waals surface area contributed by atoms with Gasteiger partial charge in [-0.25, -0.2) is 0 Å². The van der Waals surface area contributed by atoms with Gasteiger partial charge in [-0.3, -0.25) is 4.79 Å². The molecule has 5 rings (SSSR count). The highest BCUT2D eigenvalue weighted by atomic mass is 16.3. The molecule has 0 amide bonds. The average molecular weight is 303 g/mol. The van der Waals surface area contributed by atoms with E-state index in [0.717, 1.165) is 44.9 Å².